The molecule has 4 heterocycles. The van der Waals surface area contributed by atoms with Crippen LogP contribution in [0.5, 0.6) is 11.5 Å². The Balaban J connectivity index is 1.58. The molecule has 0 spiro atoms. The molecule has 7 heteroatoms. The Bertz CT molecular complexity index is 925. The minimum atomic E-state index is -3.64. The summed E-state index contributed by atoms with van der Waals surface area (Å²) < 4.78 is 37.2. The van der Waals surface area contributed by atoms with Crippen molar-refractivity contribution in [3.8, 4) is 22.6 Å². The lowest BCUT2D eigenvalue weighted by atomic mass is 9.83. The first-order chi connectivity index (χ1) is 12.0. The summed E-state index contributed by atoms with van der Waals surface area (Å²) in [6, 6.07) is 8.16. The van der Waals surface area contributed by atoms with Gasteiger partial charge in [0.1, 0.15) is 0 Å². The molecule has 25 heavy (non-hydrogen) atoms. The zero-order chi connectivity index (χ0) is 17.2. The summed E-state index contributed by atoms with van der Waals surface area (Å²) in [6.07, 6.45) is -2.57. The smallest absolute Gasteiger partial charge is 0.395 e. The minimum absolute atomic E-state index is 0.00255. The third-order valence-corrected chi connectivity index (χ3v) is 5.20. The van der Waals surface area contributed by atoms with Crippen LogP contribution in [0.15, 0.2) is 35.1 Å². The van der Waals surface area contributed by atoms with Crippen molar-refractivity contribution in [1.82, 2.24) is 9.88 Å². The van der Waals surface area contributed by atoms with Crippen LogP contribution in [0.4, 0.5) is 8.78 Å². The van der Waals surface area contributed by atoms with Crippen molar-refractivity contribution in [1.29, 1.82) is 0 Å². The van der Waals surface area contributed by atoms with E-state index >= 15 is 0 Å². The number of hydrogen-bond donors (Lipinski definition) is 1. The molecule has 2 bridgehead atoms. The Morgan fingerprint density at radius 3 is 2.80 bits per heavy atom. The molecule has 2 aromatic rings. The maximum atomic E-state index is 13.2. The Hall–Kier alpha value is -2.41. The largest absolute Gasteiger partial charge is 0.586 e. The van der Waals surface area contributed by atoms with Gasteiger partial charge < -0.3 is 19.4 Å². The van der Waals surface area contributed by atoms with Crippen LogP contribution >= 0.6 is 0 Å². The molecule has 1 aromatic heterocycles. The van der Waals surface area contributed by atoms with Gasteiger partial charge in [-0.25, -0.2) is 0 Å². The van der Waals surface area contributed by atoms with E-state index in [4.69, 9.17) is 0 Å². The highest BCUT2D eigenvalue weighted by molar-refractivity contribution is 5.68. The van der Waals surface area contributed by atoms with E-state index < -0.39 is 6.29 Å². The summed E-state index contributed by atoms with van der Waals surface area (Å²) in [5, 5.41) is 3.41. The molecule has 1 aromatic carbocycles. The van der Waals surface area contributed by atoms with E-state index in [-0.39, 0.29) is 17.1 Å². The van der Waals surface area contributed by atoms with Crippen molar-refractivity contribution in [2.45, 2.75) is 25.2 Å². The quantitative estimate of drug-likeness (QED) is 0.862. The van der Waals surface area contributed by atoms with Crippen LogP contribution in [-0.4, -0.2) is 24.0 Å². The van der Waals surface area contributed by atoms with Crippen molar-refractivity contribution >= 4 is 0 Å². The summed E-state index contributed by atoms with van der Waals surface area (Å²) in [5.41, 5.74) is 2.33. The van der Waals surface area contributed by atoms with Gasteiger partial charge in [0.2, 0.25) is 0 Å². The van der Waals surface area contributed by atoms with E-state index in [2.05, 4.69) is 14.8 Å². The monoisotopic (exact) mass is 346 g/mol. The first-order valence-electron chi connectivity index (χ1n) is 8.34. The van der Waals surface area contributed by atoms with Crippen molar-refractivity contribution in [3.63, 3.8) is 0 Å². The third-order valence-electron chi connectivity index (χ3n) is 5.20. The third kappa shape index (κ3) is 2.41. The van der Waals surface area contributed by atoms with E-state index in [9.17, 15) is 13.6 Å². The number of nitrogens with one attached hydrogen (secondary N) is 1. The highest BCUT2D eigenvalue weighted by Crippen LogP contribution is 2.43. The van der Waals surface area contributed by atoms with E-state index in [1.54, 1.807) is 12.1 Å². The molecule has 5 rings (SSSR count). The van der Waals surface area contributed by atoms with Crippen molar-refractivity contribution in [2.75, 3.05) is 13.1 Å². The fourth-order valence-corrected chi connectivity index (χ4v) is 4.10. The first kappa shape index (κ1) is 14.9. The molecule has 3 aliphatic rings. The molecular weight excluding hydrogens is 330 g/mol. The van der Waals surface area contributed by atoms with Gasteiger partial charge in [0.25, 0.3) is 5.56 Å². The predicted octanol–water partition coefficient (Wildman–Crippen LogP) is 2.54. The number of pyridine rings is 1. The maximum absolute atomic E-state index is 13.2. The molecule has 0 unspecified atom stereocenters. The van der Waals surface area contributed by atoms with E-state index in [0.717, 1.165) is 31.7 Å². The van der Waals surface area contributed by atoms with Crippen LogP contribution in [0.25, 0.3) is 11.1 Å². The van der Waals surface area contributed by atoms with E-state index in [0.29, 0.717) is 23.0 Å². The number of nitrogens with zero attached hydrogens (tertiary/aromatic N) is 1. The second kappa shape index (κ2) is 5.05. The average Bonchev–Trinajstić information content (AvgIpc) is 2.89. The van der Waals surface area contributed by atoms with Gasteiger partial charge in [-0.15, -0.1) is 8.78 Å². The molecule has 1 N–H and O–H groups in total. The van der Waals surface area contributed by atoms with Crippen molar-refractivity contribution in [2.24, 2.45) is 5.92 Å². The van der Waals surface area contributed by atoms with Crippen molar-refractivity contribution in [3.05, 3.63) is 46.4 Å². The van der Waals surface area contributed by atoms with Crippen LogP contribution in [0.3, 0.4) is 0 Å². The van der Waals surface area contributed by atoms with Gasteiger partial charge in [-0.05, 0) is 48.2 Å². The summed E-state index contributed by atoms with van der Waals surface area (Å²) in [6.45, 7) is 2.53. The van der Waals surface area contributed by atoms with Crippen LogP contribution in [-0.2, 0) is 6.54 Å². The lowest BCUT2D eigenvalue weighted by Gasteiger charge is -2.37. The molecule has 0 saturated carbocycles. The number of fused-ring (bicyclic) bond motifs is 5. The fourth-order valence-electron chi connectivity index (χ4n) is 4.10. The Morgan fingerprint density at radius 2 is 1.92 bits per heavy atom. The number of piperidine rings is 1. The number of aromatic nitrogens is 1. The van der Waals surface area contributed by atoms with Crippen LogP contribution < -0.4 is 20.3 Å². The zero-order valence-electron chi connectivity index (χ0n) is 13.3. The van der Waals surface area contributed by atoms with Gasteiger partial charge in [-0.1, -0.05) is 6.07 Å². The molecule has 3 aliphatic heterocycles. The summed E-state index contributed by atoms with van der Waals surface area (Å²) in [4.78, 5) is 12.6. The first-order valence-corrected chi connectivity index (χ1v) is 8.34. The molecule has 130 valence electrons. The summed E-state index contributed by atoms with van der Waals surface area (Å²) in [5.74, 6) is 0.781. The lowest BCUT2D eigenvalue weighted by Crippen LogP contribution is -2.44. The second-order valence-electron chi connectivity index (χ2n) is 6.90. The molecule has 0 amide bonds. The second-order valence-corrected chi connectivity index (χ2v) is 6.90. The number of hydrogen-bond acceptors (Lipinski definition) is 4. The average molecular weight is 346 g/mol. The SMILES string of the molecule is O=c1cc(-c2ccc3c(c2)OC(F)(F)O3)cc2n1C[C@@H]1CNC[C@H]2C1. The predicted molar refractivity (Wildman–Crippen MR) is 86.1 cm³/mol. The number of benzene rings is 1. The van der Waals surface area contributed by atoms with Gasteiger partial charge in [0.05, 0.1) is 0 Å². The highest BCUT2D eigenvalue weighted by atomic mass is 19.3. The molecule has 0 radical (unpaired) electrons. The van der Waals surface area contributed by atoms with E-state index in [1.807, 2.05) is 10.6 Å². The molecule has 2 atom stereocenters. The maximum Gasteiger partial charge on any atom is 0.586 e. The zero-order valence-corrected chi connectivity index (χ0v) is 13.3. The van der Waals surface area contributed by atoms with Gasteiger partial charge in [-0.3, -0.25) is 4.79 Å². The summed E-state index contributed by atoms with van der Waals surface area (Å²) in [7, 11) is 0. The Labute approximate surface area is 142 Å². The lowest BCUT2D eigenvalue weighted by molar-refractivity contribution is -0.286. The van der Waals surface area contributed by atoms with Gasteiger partial charge in [-0.2, -0.15) is 0 Å². The molecule has 1 fully saturated rings. The Morgan fingerprint density at radius 1 is 1.08 bits per heavy atom. The normalized spacial score (nSPS) is 25.5. The minimum Gasteiger partial charge on any atom is -0.395 e. The highest BCUT2D eigenvalue weighted by Gasteiger charge is 2.43. The molecular formula is C18H16F2N2O3. The van der Waals surface area contributed by atoms with Crippen LogP contribution in [0, 0.1) is 5.92 Å². The number of halogens is 2. The number of rotatable bonds is 1. The van der Waals surface area contributed by atoms with Crippen molar-refractivity contribution < 1.29 is 18.3 Å². The number of alkyl halides is 2. The summed E-state index contributed by atoms with van der Waals surface area (Å²) >= 11 is 0. The van der Waals surface area contributed by atoms with E-state index in [1.165, 1.54) is 12.1 Å². The topological polar surface area (TPSA) is 52.5 Å². The Kier molecular flexibility index (Phi) is 3.01. The van der Waals surface area contributed by atoms with Gasteiger partial charge >= 0.3 is 6.29 Å². The van der Waals surface area contributed by atoms with Crippen LogP contribution in [0.1, 0.15) is 18.0 Å². The standard InChI is InChI=1S/C18H16F2N2O3/c19-18(20)24-15-2-1-11(5-16(15)25-18)12-4-14-13-3-10(7-21-8-13)9-22(14)17(23)6-12/h1-2,4-6,10,13,21H,3,7-9H2/t10-,13+/m0/s1. The molecule has 1 saturated heterocycles. The molecule has 5 nitrogen and oxygen atoms in total. The van der Waals surface area contributed by atoms with Gasteiger partial charge in [0, 0.05) is 30.8 Å². The van der Waals surface area contributed by atoms with Crippen LogP contribution in [0.2, 0.25) is 0 Å². The van der Waals surface area contributed by atoms with Gasteiger partial charge in [0.15, 0.2) is 11.5 Å². The number of ether oxygens (including phenoxy) is 2. The molecule has 0 aliphatic carbocycles. The fraction of sp³-hybridized carbons (Fsp3) is 0.389.